The van der Waals surface area contributed by atoms with Crippen molar-refractivity contribution < 1.29 is 43.8 Å². The second kappa shape index (κ2) is 11.4. The Morgan fingerprint density at radius 2 is 0.812 bits per heavy atom. The van der Waals surface area contributed by atoms with Crippen LogP contribution in [-0.2, 0) is 47.2 Å². The van der Waals surface area contributed by atoms with E-state index < -0.39 is 56.9 Å². The van der Waals surface area contributed by atoms with Crippen LogP contribution in [-0.4, -0.2) is 67.7 Å². The zero-order chi connectivity index (χ0) is 35.2. The van der Waals surface area contributed by atoms with Crippen molar-refractivity contribution in [2.75, 3.05) is 14.2 Å². The minimum Gasteiger partial charge on any atom is -0.399 e. The lowest BCUT2D eigenvalue weighted by atomic mass is 9.73. The van der Waals surface area contributed by atoms with Gasteiger partial charge in [0.05, 0.1) is 36.6 Å². The molecule has 0 aromatic heterocycles. The molecule has 4 aromatic rings. The van der Waals surface area contributed by atoms with Gasteiger partial charge in [0.2, 0.25) is 0 Å². The maximum absolute atomic E-state index is 14.3. The molecular weight excluding hydrogens is 654 g/mol. The second-order valence-electron chi connectivity index (χ2n) is 14.2. The third-order valence-electron chi connectivity index (χ3n) is 10.3. The minimum absolute atomic E-state index is 0.0878. The minimum atomic E-state index is -4.58. The standard InChI is InChI=1S/C34H40B2O10S2/c1-31(2)32(3,4)44-35(43-31)25-19-21-15-11-13-17-23(21)27(29(25)47(37,38)41-9)28-24-18-14-12-16-22(24)20-26(30(28)48(39,40)42-10)36-45-33(5,6)34(7,8)46-36/h11-20H,1-10H3. The van der Waals surface area contributed by atoms with Gasteiger partial charge in [-0.25, -0.2) is 0 Å². The zero-order valence-corrected chi connectivity index (χ0v) is 30.5. The number of hydrogen-bond acceptors (Lipinski definition) is 10. The molecule has 0 atom stereocenters. The Kier molecular flexibility index (Phi) is 8.29. The molecule has 2 aliphatic heterocycles. The molecule has 0 aliphatic carbocycles. The van der Waals surface area contributed by atoms with E-state index in [-0.39, 0.29) is 31.8 Å². The molecule has 6 rings (SSSR count). The molecule has 0 spiro atoms. The van der Waals surface area contributed by atoms with E-state index in [9.17, 15) is 16.8 Å². The van der Waals surface area contributed by atoms with Crippen LogP contribution < -0.4 is 10.9 Å². The first kappa shape index (κ1) is 35.0. The Labute approximate surface area is 283 Å². The van der Waals surface area contributed by atoms with Crippen molar-refractivity contribution >= 4 is 66.9 Å². The van der Waals surface area contributed by atoms with Crippen molar-refractivity contribution in [3.63, 3.8) is 0 Å². The van der Waals surface area contributed by atoms with Gasteiger partial charge < -0.3 is 18.6 Å². The third-order valence-corrected chi connectivity index (χ3v) is 13.0. The van der Waals surface area contributed by atoms with E-state index in [0.29, 0.717) is 21.5 Å². The fourth-order valence-corrected chi connectivity index (χ4v) is 8.34. The van der Waals surface area contributed by atoms with Crippen LogP contribution in [0.15, 0.2) is 70.5 Å². The molecule has 0 N–H and O–H groups in total. The average molecular weight is 694 g/mol. The Hall–Kier alpha value is -2.81. The Morgan fingerprint density at radius 3 is 1.10 bits per heavy atom. The SMILES string of the molecule is COS(=O)(=O)c1c(B2OC(C)(C)C(C)(C)O2)cc2ccccc2c1-c1c(S(=O)(=O)OC)c(B2OC(C)(C)C(C)(C)O2)cc2ccccc12. The molecule has 0 saturated carbocycles. The second-order valence-corrected chi connectivity index (χ2v) is 17.5. The van der Waals surface area contributed by atoms with E-state index in [1.54, 1.807) is 36.4 Å². The molecule has 48 heavy (non-hydrogen) atoms. The Morgan fingerprint density at radius 1 is 0.521 bits per heavy atom. The molecule has 254 valence electrons. The highest BCUT2D eigenvalue weighted by Gasteiger charge is 2.55. The monoisotopic (exact) mass is 694 g/mol. The molecule has 2 fully saturated rings. The fourth-order valence-electron chi connectivity index (χ4n) is 6.19. The predicted molar refractivity (Wildman–Crippen MR) is 187 cm³/mol. The summed E-state index contributed by atoms with van der Waals surface area (Å²) in [4.78, 5) is -0.572. The van der Waals surface area contributed by atoms with Crippen LogP contribution in [0.25, 0.3) is 32.7 Å². The highest BCUT2D eigenvalue weighted by atomic mass is 32.2. The van der Waals surface area contributed by atoms with Gasteiger partial charge in [-0.15, -0.1) is 0 Å². The van der Waals surface area contributed by atoms with Gasteiger partial charge in [-0.1, -0.05) is 60.7 Å². The molecule has 2 aliphatic rings. The topological polar surface area (TPSA) is 124 Å². The Balaban J connectivity index is 1.85. The van der Waals surface area contributed by atoms with Crippen molar-refractivity contribution in [1.29, 1.82) is 0 Å². The third kappa shape index (κ3) is 5.41. The first-order valence-electron chi connectivity index (χ1n) is 15.6. The van der Waals surface area contributed by atoms with E-state index in [1.807, 2.05) is 79.7 Å². The lowest BCUT2D eigenvalue weighted by Crippen LogP contribution is -2.41. The smallest absolute Gasteiger partial charge is 0.399 e. The largest absolute Gasteiger partial charge is 0.496 e. The zero-order valence-electron chi connectivity index (χ0n) is 28.8. The van der Waals surface area contributed by atoms with Crippen molar-refractivity contribution in [3.8, 4) is 11.1 Å². The highest BCUT2D eigenvalue weighted by molar-refractivity contribution is 7.87. The number of fused-ring (bicyclic) bond motifs is 2. The van der Waals surface area contributed by atoms with Crippen LogP contribution in [0.2, 0.25) is 0 Å². The fraction of sp³-hybridized carbons (Fsp3) is 0.412. The number of benzene rings is 4. The van der Waals surface area contributed by atoms with Crippen LogP contribution >= 0.6 is 0 Å². The van der Waals surface area contributed by atoms with Crippen molar-refractivity contribution in [1.82, 2.24) is 0 Å². The van der Waals surface area contributed by atoms with E-state index >= 15 is 0 Å². The lowest BCUT2D eigenvalue weighted by molar-refractivity contribution is 0.00578. The molecular formula is C34H40B2O10S2. The van der Waals surface area contributed by atoms with E-state index in [4.69, 9.17) is 27.0 Å². The van der Waals surface area contributed by atoms with Gasteiger partial charge >= 0.3 is 14.2 Å². The van der Waals surface area contributed by atoms with Crippen LogP contribution in [0.3, 0.4) is 0 Å². The normalized spacial score (nSPS) is 20.2. The molecule has 14 heteroatoms. The van der Waals surface area contributed by atoms with Crippen LogP contribution in [0.5, 0.6) is 0 Å². The first-order valence-corrected chi connectivity index (χ1v) is 18.4. The highest BCUT2D eigenvalue weighted by Crippen LogP contribution is 2.45. The summed E-state index contributed by atoms with van der Waals surface area (Å²) in [5.41, 5.74) is -2.76. The summed E-state index contributed by atoms with van der Waals surface area (Å²) in [6.45, 7) is 14.9. The summed E-state index contributed by atoms with van der Waals surface area (Å²) >= 11 is 0. The molecule has 2 heterocycles. The average Bonchev–Trinajstić information content (AvgIpc) is 3.38. The molecule has 0 unspecified atom stereocenters. The molecule has 0 amide bonds. The summed E-state index contributed by atoms with van der Waals surface area (Å²) in [7, 11) is -9.31. The summed E-state index contributed by atoms with van der Waals surface area (Å²) in [5, 5.41) is 2.16. The summed E-state index contributed by atoms with van der Waals surface area (Å²) in [6, 6.07) is 17.7. The first-order chi connectivity index (χ1) is 22.2. The quantitative estimate of drug-likeness (QED) is 0.195. The Bertz CT molecular complexity index is 1990. The van der Waals surface area contributed by atoms with Gasteiger partial charge in [-0.2, -0.15) is 16.8 Å². The van der Waals surface area contributed by atoms with Crippen LogP contribution in [0.1, 0.15) is 55.4 Å². The van der Waals surface area contributed by atoms with Gasteiger partial charge in [0, 0.05) is 22.1 Å². The maximum Gasteiger partial charge on any atom is 0.496 e. The van der Waals surface area contributed by atoms with Gasteiger partial charge in [0.1, 0.15) is 9.79 Å². The summed E-state index contributed by atoms with van der Waals surface area (Å²) < 4.78 is 93.1. The maximum atomic E-state index is 14.3. The number of hydrogen-bond donors (Lipinski definition) is 0. The van der Waals surface area contributed by atoms with Gasteiger partial charge in [0.25, 0.3) is 20.2 Å². The summed E-state index contributed by atoms with van der Waals surface area (Å²) in [6.07, 6.45) is 0. The van der Waals surface area contributed by atoms with Gasteiger partial charge in [-0.05, 0) is 76.9 Å². The van der Waals surface area contributed by atoms with E-state index in [1.165, 1.54) is 0 Å². The van der Waals surface area contributed by atoms with Gasteiger partial charge in [0.15, 0.2) is 0 Å². The lowest BCUT2D eigenvalue weighted by Gasteiger charge is -2.32. The van der Waals surface area contributed by atoms with Gasteiger partial charge in [-0.3, -0.25) is 8.37 Å². The summed E-state index contributed by atoms with van der Waals surface area (Å²) in [5.74, 6) is 0. The molecule has 2 saturated heterocycles. The molecule has 0 bridgehead atoms. The molecule has 0 radical (unpaired) electrons. The van der Waals surface area contributed by atoms with E-state index in [0.717, 1.165) is 14.2 Å². The van der Waals surface area contributed by atoms with Crippen LogP contribution in [0, 0.1) is 0 Å². The predicted octanol–water partition coefficient (Wildman–Crippen LogP) is 4.93. The number of rotatable bonds is 7. The van der Waals surface area contributed by atoms with Crippen molar-refractivity contribution in [3.05, 3.63) is 60.7 Å². The molecule has 10 nitrogen and oxygen atoms in total. The van der Waals surface area contributed by atoms with Crippen LogP contribution in [0.4, 0.5) is 0 Å². The van der Waals surface area contributed by atoms with Crippen molar-refractivity contribution in [2.24, 2.45) is 0 Å². The van der Waals surface area contributed by atoms with Crippen molar-refractivity contribution in [2.45, 2.75) is 87.6 Å². The molecule has 4 aromatic carbocycles. The van der Waals surface area contributed by atoms with E-state index in [2.05, 4.69) is 0 Å².